The van der Waals surface area contributed by atoms with Gasteiger partial charge in [0.15, 0.2) is 0 Å². The highest BCUT2D eigenvalue weighted by Crippen LogP contribution is 2.30. The molecule has 0 bridgehead atoms. The van der Waals surface area contributed by atoms with Crippen molar-refractivity contribution in [2.75, 3.05) is 17.6 Å². The Morgan fingerprint density at radius 2 is 1.90 bits per heavy atom. The molecule has 1 aromatic carbocycles. The summed E-state index contributed by atoms with van der Waals surface area (Å²) >= 11 is 1.70. The van der Waals surface area contributed by atoms with E-state index in [0.717, 1.165) is 17.9 Å². The van der Waals surface area contributed by atoms with Crippen LogP contribution in [0.2, 0.25) is 0 Å². The van der Waals surface area contributed by atoms with Gasteiger partial charge in [-0.3, -0.25) is 0 Å². The monoisotopic (exact) mass is 320 g/mol. The number of halogens is 3. The van der Waals surface area contributed by atoms with Gasteiger partial charge in [0, 0.05) is 22.7 Å². The first kappa shape index (κ1) is 17.7. The van der Waals surface area contributed by atoms with Crippen LogP contribution in [0.5, 0.6) is 0 Å². The number of nitrogens with one attached hydrogen (secondary N) is 2. The third-order valence-electron chi connectivity index (χ3n) is 2.37. The van der Waals surface area contributed by atoms with Gasteiger partial charge in [-0.25, -0.2) is 4.79 Å². The molecule has 0 heterocycles. The number of hydrogen-bond acceptors (Lipinski definition) is 2. The van der Waals surface area contributed by atoms with Crippen molar-refractivity contribution in [1.82, 2.24) is 5.32 Å². The first-order valence-electron chi connectivity index (χ1n) is 6.44. The number of amides is 2. The zero-order chi connectivity index (χ0) is 16.1. The van der Waals surface area contributed by atoms with E-state index in [1.54, 1.807) is 11.8 Å². The number of rotatable bonds is 4. The highest BCUT2D eigenvalue weighted by Gasteiger charge is 2.30. The molecule has 118 valence electrons. The Kier molecular flexibility index (Phi) is 5.95. The van der Waals surface area contributed by atoms with Crippen LogP contribution < -0.4 is 10.6 Å². The van der Waals surface area contributed by atoms with E-state index < -0.39 is 17.8 Å². The van der Waals surface area contributed by atoms with Crippen LogP contribution >= 0.6 is 11.8 Å². The zero-order valence-corrected chi connectivity index (χ0v) is 13.0. The molecule has 0 fully saturated rings. The van der Waals surface area contributed by atoms with Crippen LogP contribution in [0.4, 0.5) is 23.7 Å². The number of hydrogen-bond donors (Lipinski definition) is 2. The molecule has 0 saturated carbocycles. The number of anilines is 1. The molecule has 0 spiro atoms. The molecule has 0 aromatic heterocycles. The van der Waals surface area contributed by atoms with Crippen molar-refractivity contribution in [2.24, 2.45) is 0 Å². The molecule has 3 nitrogen and oxygen atoms in total. The first-order valence-corrected chi connectivity index (χ1v) is 7.42. The van der Waals surface area contributed by atoms with Crippen LogP contribution in [0.1, 0.15) is 26.3 Å². The highest BCUT2D eigenvalue weighted by atomic mass is 32.2. The number of carbonyl (C=O) groups excluding carboxylic acids is 1. The molecule has 7 heteroatoms. The van der Waals surface area contributed by atoms with E-state index in [1.165, 1.54) is 12.1 Å². The summed E-state index contributed by atoms with van der Waals surface area (Å²) < 4.78 is 37.7. The number of alkyl halides is 3. The lowest BCUT2D eigenvalue weighted by atomic mass is 10.2. The molecule has 0 aliphatic rings. The van der Waals surface area contributed by atoms with Crippen LogP contribution in [-0.2, 0) is 6.18 Å². The van der Waals surface area contributed by atoms with Crippen molar-refractivity contribution in [3.63, 3.8) is 0 Å². The van der Waals surface area contributed by atoms with Crippen molar-refractivity contribution in [1.29, 1.82) is 0 Å². The van der Waals surface area contributed by atoms with Crippen LogP contribution in [-0.4, -0.2) is 23.1 Å². The number of thioether (sulfide) groups is 1. The summed E-state index contributed by atoms with van der Waals surface area (Å²) in [7, 11) is 0. The Morgan fingerprint density at radius 1 is 1.24 bits per heavy atom. The Morgan fingerprint density at radius 3 is 2.48 bits per heavy atom. The van der Waals surface area contributed by atoms with E-state index in [2.05, 4.69) is 31.4 Å². The molecule has 0 saturated heterocycles. The number of urea groups is 1. The average Bonchev–Trinajstić information content (AvgIpc) is 2.33. The van der Waals surface area contributed by atoms with Gasteiger partial charge >= 0.3 is 12.2 Å². The largest absolute Gasteiger partial charge is 0.416 e. The fourth-order valence-corrected chi connectivity index (χ4v) is 2.29. The summed E-state index contributed by atoms with van der Waals surface area (Å²) in [5.74, 6) is 0.736. The maximum Gasteiger partial charge on any atom is 0.416 e. The van der Waals surface area contributed by atoms with Gasteiger partial charge in [-0.05, 0) is 18.2 Å². The van der Waals surface area contributed by atoms with Crippen molar-refractivity contribution < 1.29 is 18.0 Å². The van der Waals surface area contributed by atoms with Crippen molar-refractivity contribution in [3.8, 4) is 0 Å². The Labute approximate surface area is 126 Å². The summed E-state index contributed by atoms with van der Waals surface area (Å²) in [6.45, 7) is 6.66. The van der Waals surface area contributed by atoms with E-state index in [9.17, 15) is 18.0 Å². The minimum absolute atomic E-state index is 0.110. The summed E-state index contributed by atoms with van der Waals surface area (Å²) in [4.78, 5) is 11.6. The highest BCUT2D eigenvalue weighted by molar-refractivity contribution is 8.00. The zero-order valence-electron chi connectivity index (χ0n) is 12.2. The maximum atomic E-state index is 12.5. The predicted molar refractivity (Wildman–Crippen MR) is 80.7 cm³/mol. The van der Waals surface area contributed by atoms with Gasteiger partial charge in [-0.2, -0.15) is 24.9 Å². The normalized spacial score (nSPS) is 12.1. The fourth-order valence-electron chi connectivity index (χ4n) is 1.47. The lowest BCUT2D eigenvalue weighted by Crippen LogP contribution is -2.31. The van der Waals surface area contributed by atoms with E-state index in [4.69, 9.17) is 0 Å². The number of benzene rings is 1. The average molecular weight is 320 g/mol. The second kappa shape index (κ2) is 7.06. The number of carbonyl (C=O) groups is 1. The molecule has 21 heavy (non-hydrogen) atoms. The van der Waals surface area contributed by atoms with Gasteiger partial charge in [-0.1, -0.05) is 26.8 Å². The van der Waals surface area contributed by atoms with Crippen molar-refractivity contribution in [2.45, 2.75) is 31.7 Å². The molecule has 0 unspecified atom stereocenters. The summed E-state index contributed by atoms with van der Waals surface area (Å²) in [5.41, 5.74) is -0.672. The maximum absolute atomic E-state index is 12.5. The third kappa shape index (κ3) is 7.27. The van der Waals surface area contributed by atoms with Gasteiger partial charge in [0.05, 0.1) is 5.56 Å². The van der Waals surface area contributed by atoms with Gasteiger partial charge in [-0.15, -0.1) is 0 Å². The minimum Gasteiger partial charge on any atom is -0.337 e. The molecule has 2 N–H and O–H groups in total. The van der Waals surface area contributed by atoms with Gasteiger partial charge in [0.25, 0.3) is 0 Å². The van der Waals surface area contributed by atoms with Crippen LogP contribution in [0, 0.1) is 0 Å². The third-order valence-corrected chi connectivity index (χ3v) is 3.64. The van der Waals surface area contributed by atoms with Crippen molar-refractivity contribution in [3.05, 3.63) is 29.8 Å². The molecule has 1 rings (SSSR count). The molecule has 0 aliphatic heterocycles. The molecule has 0 aliphatic carbocycles. The second-order valence-electron chi connectivity index (χ2n) is 5.42. The predicted octanol–water partition coefficient (Wildman–Crippen LogP) is 4.36. The summed E-state index contributed by atoms with van der Waals surface area (Å²) in [5, 5.41) is 5.00. The van der Waals surface area contributed by atoms with E-state index >= 15 is 0 Å². The topological polar surface area (TPSA) is 41.1 Å². The molecule has 0 radical (unpaired) electrons. The Balaban J connectivity index is 2.45. The van der Waals surface area contributed by atoms with Gasteiger partial charge < -0.3 is 10.6 Å². The molecule has 0 atom stereocenters. The van der Waals surface area contributed by atoms with E-state index in [0.29, 0.717) is 6.54 Å². The molecular formula is C14H19F3N2OS. The van der Waals surface area contributed by atoms with E-state index in [1.807, 2.05) is 0 Å². The molecule has 2 amide bonds. The Hall–Kier alpha value is -1.37. The second-order valence-corrected chi connectivity index (χ2v) is 7.34. The van der Waals surface area contributed by atoms with Gasteiger partial charge in [0.1, 0.15) is 0 Å². The SMILES string of the molecule is CC(C)(C)SCCNC(=O)Nc1cccc(C(F)(F)F)c1. The van der Waals surface area contributed by atoms with Crippen LogP contribution in [0.3, 0.4) is 0 Å². The van der Waals surface area contributed by atoms with Crippen LogP contribution in [0.15, 0.2) is 24.3 Å². The quantitative estimate of drug-likeness (QED) is 0.809. The smallest absolute Gasteiger partial charge is 0.337 e. The standard InChI is InChI=1S/C14H19F3N2OS/c1-13(2,3)21-8-7-18-12(20)19-11-6-4-5-10(9-11)14(15,16)17/h4-6,9H,7-8H2,1-3H3,(H2,18,19,20). The Bertz CT molecular complexity index is 484. The van der Waals surface area contributed by atoms with Gasteiger partial charge in [0.2, 0.25) is 0 Å². The minimum atomic E-state index is -4.42. The van der Waals surface area contributed by atoms with Crippen molar-refractivity contribution >= 4 is 23.5 Å². The summed E-state index contributed by atoms with van der Waals surface area (Å²) in [6.07, 6.45) is -4.42. The lowest BCUT2D eigenvalue weighted by molar-refractivity contribution is -0.137. The van der Waals surface area contributed by atoms with E-state index in [-0.39, 0.29) is 10.4 Å². The summed E-state index contributed by atoms with van der Waals surface area (Å²) in [6, 6.07) is 4.03. The lowest BCUT2D eigenvalue weighted by Gasteiger charge is -2.17. The van der Waals surface area contributed by atoms with Crippen LogP contribution in [0.25, 0.3) is 0 Å². The molecule has 1 aromatic rings. The first-order chi connectivity index (χ1) is 9.58. The fraction of sp³-hybridized carbons (Fsp3) is 0.500. The molecular weight excluding hydrogens is 301 g/mol.